The molecule has 0 unspecified atom stereocenters. The first-order valence-corrected chi connectivity index (χ1v) is 6.54. The number of nitrogens with one attached hydrogen (secondary N) is 1. The van der Waals surface area contributed by atoms with Gasteiger partial charge in [0.1, 0.15) is 5.76 Å². The molecule has 0 saturated carbocycles. The third-order valence-corrected chi connectivity index (χ3v) is 2.81. The molecule has 1 N–H and O–H groups in total. The lowest BCUT2D eigenvalue weighted by Crippen LogP contribution is -2.34. The molecule has 0 bridgehead atoms. The summed E-state index contributed by atoms with van der Waals surface area (Å²) < 4.78 is 44.0. The van der Waals surface area contributed by atoms with Crippen LogP contribution in [-0.2, 0) is 19.3 Å². The van der Waals surface area contributed by atoms with Crippen molar-refractivity contribution in [3.63, 3.8) is 0 Å². The number of furan rings is 1. The van der Waals surface area contributed by atoms with Gasteiger partial charge in [-0.15, -0.1) is 0 Å². The summed E-state index contributed by atoms with van der Waals surface area (Å²) in [6, 6.07) is 1.81. The van der Waals surface area contributed by atoms with E-state index in [1.807, 2.05) is 6.07 Å². The molecule has 0 aromatic carbocycles. The fourth-order valence-corrected chi connectivity index (χ4v) is 1.73. The van der Waals surface area contributed by atoms with Crippen LogP contribution in [-0.4, -0.2) is 15.3 Å². The van der Waals surface area contributed by atoms with Crippen LogP contribution in [0.5, 0.6) is 0 Å². The number of rotatable bonds is 4. The molecule has 0 aliphatic heterocycles. The van der Waals surface area contributed by atoms with Gasteiger partial charge >= 0.3 is 6.18 Å². The van der Waals surface area contributed by atoms with E-state index in [0.29, 0.717) is 12.3 Å². The molecule has 7 heteroatoms. The van der Waals surface area contributed by atoms with E-state index >= 15 is 0 Å². The third-order valence-electron chi connectivity index (χ3n) is 2.81. The number of nitrogens with zero attached hydrogens (tertiary/aromatic N) is 2. The quantitative estimate of drug-likeness (QED) is 0.941. The molecule has 2 rings (SSSR count). The standard InChI is InChI=1S/C14H18F3N3O/c1-13(2,3)18-5-10-4-12(21-9-10)8-20-7-11(6-19-20)14(15,16)17/h4,6-7,9,18H,5,8H2,1-3H3. The topological polar surface area (TPSA) is 43.0 Å². The maximum absolute atomic E-state index is 12.5. The fourth-order valence-electron chi connectivity index (χ4n) is 1.73. The van der Waals surface area contributed by atoms with E-state index in [9.17, 15) is 13.2 Å². The second-order valence-electron chi connectivity index (χ2n) is 5.95. The molecule has 116 valence electrons. The average molecular weight is 301 g/mol. The Morgan fingerprint density at radius 1 is 1.29 bits per heavy atom. The highest BCUT2D eigenvalue weighted by atomic mass is 19.4. The number of hydrogen-bond donors (Lipinski definition) is 1. The van der Waals surface area contributed by atoms with Gasteiger partial charge < -0.3 is 9.73 Å². The van der Waals surface area contributed by atoms with Crippen molar-refractivity contribution < 1.29 is 17.6 Å². The Morgan fingerprint density at radius 2 is 2.00 bits per heavy atom. The molecular formula is C14H18F3N3O. The Hall–Kier alpha value is -1.76. The van der Waals surface area contributed by atoms with E-state index in [1.165, 1.54) is 4.68 Å². The maximum atomic E-state index is 12.5. The van der Waals surface area contributed by atoms with Gasteiger partial charge in [0, 0.05) is 23.8 Å². The number of alkyl halides is 3. The van der Waals surface area contributed by atoms with Crippen LogP contribution < -0.4 is 5.32 Å². The van der Waals surface area contributed by atoms with E-state index in [2.05, 4.69) is 31.2 Å². The Bertz CT molecular complexity index is 593. The Balaban J connectivity index is 1.98. The second kappa shape index (κ2) is 5.55. The molecule has 0 aliphatic rings. The minimum absolute atomic E-state index is 0.0129. The molecule has 0 amide bonds. The Kier molecular flexibility index (Phi) is 4.13. The van der Waals surface area contributed by atoms with Crippen LogP contribution in [0, 0.1) is 0 Å². The van der Waals surface area contributed by atoms with Crippen molar-refractivity contribution in [1.29, 1.82) is 0 Å². The molecule has 4 nitrogen and oxygen atoms in total. The van der Waals surface area contributed by atoms with Gasteiger partial charge in [0.05, 0.1) is 24.6 Å². The molecule has 2 aromatic heterocycles. The largest absolute Gasteiger partial charge is 0.467 e. The SMILES string of the molecule is CC(C)(C)NCc1coc(Cn2cc(C(F)(F)F)cn2)c1. The molecule has 2 heterocycles. The van der Waals surface area contributed by atoms with Crippen molar-refractivity contribution in [1.82, 2.24) is 15.1 Å². The summed E-state index contributed by atoms with van der Waals surface area (Å²) in [6.45, 7) is 6.97. The highest BCUT2D eigenvalue weighted by Gasteiger charge is 2.32. The molecule has 2 aromatic rings. The van der Waals surface area contributed by atoms with Crippen molar-refractivity contribution >= 4 is 0 Å². The van der Waals surface area contributed by atoms with Crippen molar-refractivity contribution in [2.45, 2.75) is 45.6 Å². The zero-order chi connectivity index (χ0) is 15.7. The van der Waals surface area contributed by atoms with Crippen molar-refractivity contribution in [2.75, 3.05) is 0 Å². The number of halogens is 3. The Morgan fingerprint density at radius 3 is 2.57 bits per heavy atom. The lowest BCUT2D eigenvalue weighted by atomic mass is 10.1. The Labute approximate surface area is 120 Å². The van der Waals surface area contributed by atoms with Crippen LogP contribution in [0.1, 0.15) is 37.7 Å². The summed E-state index contributed by atoms with van der Waals surface area (Å²) in [5, 5.41) is 7.00. The van der Waals surface area contributed by atoms with Crippen LogP contribution in [0.2, 0.25) is 0 Å². The molecule has 0 radical (unpaired) electrons. The van der Waals surface area contributed by atoms with Crippen LogP contribution in [0.3, 0.4) is 0 Å². The summed E-state index contributed by atoms with van der Waals surface area (Å²) in [5.74, 6) is 0.567. The summed E-state index contributed by atoms with van der Waals surface area (Å²) in [7, 11) is 0. The van der Waals surface area contributed by atoms with Gasteiger partial charge in [0.2, 0.25) is 0 Å². The zero-order valence-corrected chi connectivity index (χ0v) is 12.2. The summed E-state index contributed by atoms with van der Waals surface area (Å²) >= 11 is 0. The molecule has 0 spiro atoms. The summed E-state index contributed by atoms with van der Waals surface area (Å²) in [5.41, 5.74) is 0.174. The predicted molar refractivity (Wildman–Crippen MR) is 71.6 cm³/mol. The smallest absolute Gasteiger partial charge is 0.419 e. The number of aromatic nitrogens is 2. The lowest BCUT2D eigenvalue weighted by molar-refractivity contribution is -0.137. The normalized spacial score (nSPS) is 12.9. The van der Waals surface area contributed by atoms with Gasteiger partial charge in [-0.1, -0.05) is 0 Å². The molecule has 0 fully saturated rings. The fraction of sp³-hybridized carbons (Fsp3) is 0.500. The monoisotopic (exact) mass is 301 g/mol. The van der Waals surface area contributed by atoms with Gasteiger partial charge in [-0.3, -0.25) is 4.68 Å². The second-order valence-corrected chi connectivity index (χ2v) is 5.95. The van der Waals surface area contributed by atoms with Crippen LogP contribution >= 0.6 is 0 Å². The highest BCUT2D eigenvalue weighted by Crippen LogP contribution is 2.28. The highest BCUT2D eigenvalue weighted by molar-refractivity contribution is 5.14. The average Bonchev–Trinajstić information content (AvgIpc) is 2.94. The van der Waals surface area contributed by atoms with Gasteiger partial charge in [0.15, 0.2) is 0 Å². The van der Waals surface area contributed by atoms with Gasteiger partial charge in [-0.25, -0.2) is 0 Å². The third kappa shape index (κ3) is 4.63. The first kappa shape index (κ1) is 15.6. The molecular weight excluding hydrogens is 283 g/mol. The van der Waals surface area contributed by atoms with Crippen molar-refractivity contribution in [2.24, 2.45) is 0 Å². The van der Waals surface area contributed by atoms with Gasteiger partial charge in [0.25, 0.3) is 0 Å². The van der Waals surface area contributed by atoms with E-state index < -0.39 is 11.7 Å². The van der Waals surface area contributed by atoms with Crippen LogP contribution in [0.15, 0.2) is 29.1 Å². The number of hydrogen-bond acceptors (Lipinski definition) is 3. The van der Waals surface area contributed by atoms with E-state index in [0.717, 1.165) is 18.0 Å². The first-order chi connectivity index (χ1) is 9.63. The lowest BCUT2D eigenvalue weighted by Gasteiger charge is -2.19. The minimum atomic E-state index is -4.37. The molecule has 0 atom stereocenters. The minimum Gasteiger partial charge on any atom is -0.467 e. The molecule has 0 saturated heterocycles. The molecule has 0 aliphatic carbocycles. The maximum Gasteiger partial charge on any atom is 0.419 e. The summed E-state index contributed by atoms with van der Waals surface area (Å²) in [4.78, 5) is 0. The van der Waals surface area contributed by atoms with Crippen molar-refractivity contribution in [3.8, 4) is 0 Å². The van der Waals surface area contributed by atoms with Gasteiger partial charge in [-0.05, 0) is 26.8 Å². The zero-order valence-electron chi connectivity index (χ0n) is 12.2. The van der Waals surface area contributed by atoms with E-state index in [1.54, 1.807) is 6.26 Å². The van der Waals surface area contributed by atoms with Crippen LogP contribution in [0.4, 0.5) is 13.2 Å². The molecule has 21 heavy (non-hydrogen) atoms. The van der Waals surface area contributed by atoms with Crippen LogP contribution in [0.25, 0.3) is 0 Å². The summed E-state index contributed by atoms with van der Waals surface area (Å²) in [6.07, 6.45) is -0.994. The van der Waals surface area contributed by atoms with Crippen molar-refractivity contribution in [3.05, 3.63) is 41.6 Å². The van der Waals surface area contributed by atoms with Gasteiger partial charge in [-0.2, -0.15) is 18.3 Å². The van der Waals surface area contributed by atoms with E-state index in [4.69, 9.17) is 4.42 Å². The van der Waals surface area contributed by atoms with E-state index in [-0.39, 0.29) is 12.1 Å². The predicted octanol–water partition coefficient (Wildman–Crippen LogP) is 3.43. The first-order valence-electron chi connectivity index (χ1n) is 6.54.